The van der Waals surface area contributed by atoms with Crippen molar-refractivity contribution in [2.75, 3.05) is 24.7 Å². The van der Waals surface area contributed by atoms with Crippen molar-refractivity contribution < 1.29 is 49.9 Å². The van der Waals surface area contributed by atoms with Crippen LogP contribution in [0, 0.1) is 0 Å². The van der Waals surface area contributed by atoms with Gasteiger partial charge in [0, 0.05) is 5.75 Å². The van der Waals surface area contributed by atoms with Gasteiger partial charge in [0.25, 0.3) is 0 Å². The number of ether oxygens (including phenoxy) is 2. The van der Waals surface area contributed by atoms with Crippen LogP contribution in [0.3, 0.4) is 0 Å². The molecule has 12 heteroatoms. The van der Waals surface area contributed by atoms with E-state index in [-0.39, 0.29) is 12.4 Å². The topological polar surface area (TPSA) is 158 Å². The first-order valence-electron chi connectivity index (χ1n) is 9.60. The van der Waals surface area contributed by atoms with Crippen LogP contribution in [0.4, 0.5) is 0 Å². The number of hydrogen-bond donors (Lipinski definition) is 8. The summed E-state index contributed by atoms with van der Waals surface area (Å²) >= 11 is 8.14. The summed E-state index contributed by atoms with van der Waals surface area (Å²) in [6, 6.07) is 0. The molecule has 0 aromatic carbocycles. The summed E-state index contributed by atoms with van der Waals surface area (Å²) in [5, 5.41) is 59.8. The molecule has 1 heterocycles. The molecule has 0 aromatic rings. The molecule has 174 valence electrons. The molecular formula is C17H34O10S2. The average molecular weight is 463 g/mol. The lowest BCUT2D eigenvalue weighted by Crippen LogP contribution is -2.61. The van der Waals surface area contributed by atoms with Crippen molar-refractivity contribution in [1.29, 1.82) is 0 Å². The Balaban J connectivity index is 2.79. The summed E-state index contributed by atoms with van der Waals surface area (Å²) in [4.78, 5) is 10.2. The van der Waals surface area contributed by atoms with Gasteiger partial charge in [0.1, 0.15) is 36.6 Å². The Morgan fingerprint density at radius 1 is 1.00 bits per heavy atom. The predicted molar refractivity (Wildman–Crippen MR) is 109 cm³/mol. The van der Waals surface area contributed by atoms with Crippen molar-refractivity contribution in [3.63, 3.8) is 0 Å². The Morgan fingerprint density at radius 2 is 1.69 bits per heavy atom. The van der Waals surface area contributed by atoms with E-state index in [1.54, 1.807) is 0 Å². The Bertz CT molecular complexity index is 431. The van der Waals surface area contributed by atoms with Crippen LogP contribution >= 0.6 is 25.3 Å². The van der Waals surface area contributed by atoms with E-state index in [0.717, 1.165) is 18.6 Å². The first kappa shape index (κ1) is 27.3. The molecule has 1 fully saturated rings. The fourth-order valence-electron chi connectivity index (χ4n) is 2.77. The largest absolute Gasteiger partial charge is 0.393 e. The Morgan fingerprint density at radius 3 is 2.24 bits per heavy atom. The highest BCUT2D eigenvalue weighted by atomic mass is 32.1. The first-order valence-corrected chi connectivity index (χ1v) is 10.9. The van der Waals surface area contributed by atoms with Gasteiger partial charge in [-0.3, -0.25) is 0 Å². The van der Waals surface area contributed by atoms with Gasteiger partial charge in [-0.05, 0) is 25.5 Å². The van der Waals surface area contributed by atoms with Gasteiger partial charge in [-0.25, -0.2) is 9.78 Å². The van der Waals surface area contributed by atoms with Crippen LogP contribution in [0.15, 0.2) is 0 Å². The molecule has 6 N–H and O–H groups in total. The Hall–Kier alpha value is 0.300. The zero-order valence-corrected chi connectivity index (χ0v) is 18.1. The SMILES string of the molecule is C[C@@H](O)C(O)[C@H](O[C@@H]1OC(CS)[C@H](O)C(O)C1O)C(CO)OOCCCCCS. The molecule has 0 amide bonds. The molecular weight excluding hydrogens is 428 g/mol. The maximum atomic E-state index is 10.3. The van der Waals surface area contributed by atoms with Gasteiger partial charge < -0.3 is 40.1 Å². The molecule has 0 bridgehead atoms. The van der Waals surface area contributed by atoms with Gasteiger partial charge in [0.15, 0.2) is 6.29 Å². The second-order valence-corrected chi connectivity index (χ2v) is 7.77. The van der Waals surface area contributed by atoms with E-state index >= 15 is 0 Å². The molecule has 1 aliphatic rings. The third-order valence-corrected chi connectivity index (χ3v) is 5.27. The van der Waals surface area contributed by atoms with E-state index in [9.17, 15) is 30.6 Å². The predicted octanol–water partition coefficient (Wildman–Crippen LogP) is -1.74. The molecule has 5 unspecified atom stereocenters. The molecule has 1 rings (SSSR count). The molecule has 1 saturated heterocycles. The van der Waals surface area contributed by atoms with Crippen LogP contribution in [-0.2, 0) is 19.2 Å². The van der Waals surface area contributed by atoms with E-state index in [1.165, 1.54) is 6.92 Å². The van der Waals surface area contributed by atoms with E-state index in [0.29, 0.717) is 6.42 Å². The minimum atomic E-state index is -1.65. The fourth-order valence-corrected chi connectivity index (χ4v) is 3.30. The minimum Gasteiger partial charge on any atom is -0.393 e. The van der Waals surface area contributed by atoms with E-state index in [2.05, 4.69) is 25.3 Å². The highest BCUT2D eigenvalue weighted by molar-refractivity contribution is 7.80. The maximum Gasteiger partial charge on any atom is 0.187 e. The third-order valence-electron chi connectivity index (χ3n) is 4.59. The van der Waals surface area contributed by atoms with Crippen molar-refractivity contribution >= 4 is 25.3 Å². The van der Waals surface area contributed by atoms with Crippen LogP contribution in [0.1, 0.15) is 26.2 Å². The molecule has 1 aliphatic heterocycles. The summed E-state index contributed by atoms with van der Waals surface area (Å²) in [5.74, 6) is 0.790. The molecule has 0 radical (unpaired) electrons. The summed E-state index contributed by atoms with van der Waals surface area (Å²) in [6.07, 6.45) is -9.94. The number of thiol groups is 2. The third kappa shape index (κ3) is 8.39. The maximum absolute atomic E-state index is 10.3. The molecule has 10 nitrogen and oxygen atoms in total. The number of aliphatic hydroxyl groups excluding tert-OH is 6. The molecule has 29 heavy (non-hydrogen) atoms. The summed E-state index contributed by atoms with van der Waals surface area (Å²) in [5.41, 5.74) is 0. The van der Waals surface area contributed by atoms with Crippen molar-refractivity contribution in [1.82, 2.24) is 0 Å². The van der Waals surface area contributed by atoms with Crippen LogP contribution in [0.2, 0.25) is 0 Å². The second-order valence-electron chi connectivity index (χ2n) is 6.95. The van der Waals surface area contributed by atoms with E-state index in [1.807, 2.05) is 0 Å². The lowest BCUT2D eigenvalue weighted by molar-refractivity contribution is -0.375. The summed E-state index contributed by atoms with van der Waals surface area (Å²) < 4.78 is 11.0. The molecule has 0 spiro atoms. The van der Waals surface area contributed by atoms with Crippen LogP contribution in [0.5, 0.6) is 0 Å². The zero-order valence-electron chi connectivity index (χ0n) is 16.4. The number of unbranched alkanes of at least 4 members (excludes halogenated alkanes) is 2. The average Bonchev–Trinajstić information content (AvgIpc) is 2.71. The molecule has 0 saturated carbocycles. The standard InChI is InChI=1S/C17H34O10S2/c1-9(19)12(20)16(10(7-18)27-24-5-3-2-4-6-28)26-17-15(23)14(22)13(21)11(8-29)25-17/h9-23,28-29H,2-8H2,1H3/t9-,10?,11?,12?,13+,14?,15?,16-,17+/m1/s1. The zero-order chi connectivity index (χ0) is 22.0. The van der Waals surface area contributed by atoms with Gasteiger partial charge >= 0.3 is 0 Å². The monoisotopic (exact) mass is 462 g/mol. The number of aliphatic hydroxyl groups is 6. The van der Waals surface area contributed by atoms with Crippen molar-refractivity contribution in [3.05, 3.63) is 0 Å². The van der Waals surface area contributed by atoms with Gasteiger partial charge in [-0.2, -0.15) is 25.3 Å². The minimum absolute atomic E-state index is 0.0315. The van der Waals surface area contributed by atoms with Gasteiger partial charge in [-0.1, -0.05) is 6.42 Å². The van der Waals surface area contributed by atoms with Crippen molar-refractivity contribution in [2.45, 2.75) is 81.3 Å². The van der Waals surface area contributed by atoms with Crippen LogP contribution in [0.25, 0.3) is 0 Å². The number of hydrogen-bond acceptors (Lipinski definition) is 12. The smallest absolute Gasteiger partial charge is 0.187 e. The van der Waals surface area contributed by atoms with Crippen LogP contribution in [-0.4, -0.2) is 110 Å². The van der Waals surface area contributed by atoms with Gasteiger partial charge in [0.2, 0.25) is 0 Å². The van der Waals surface area contributed by atoms with Gasteiger partial charge in [-0.15, -0.1) is 0 Å². The lowest BCUT2D eigenvalue weighted by atomic mass is 9.99. The fraction of sp³-hybridized carbons (Fsp3) is 1.00. The second kappa shape index (κ2) is 14.4. The number of rotatable bonds is 14. The Labute approximate surface area is 181 Å². The van der Waals surface area contributed by atoms with Gasteiger partial charge in [0.05, 0.1) is 25.4 Å². The lowest BCUT2D eigenvalue weighted by Gasteiger charge is -2.42. The molecule has 0 aliphatic carbocycles. The highest BCUT2D eigenvalue weighted by Gasteiger charge is 2.46. The van der Waals surface area contributed by atoms with Crippen molar-refractivity contribution in [3.8, 4) is 0 Å². The Kier molecular flexibility index (Phi) is 13.6. The van der Waals surface area contributed by atoms with Crippen LogP contribution < -0.4 is 0 Å². The first-order chi connectivity index (χ1) is 13.8. The summed E-state index contributed by atoms with van der Waals surface area (Å²) in [6.45, 7) is 0.910. The molecule has 0 aromatic heterocycles. The van der Waals surface area contributed by atoms with E-state index < -0.39 is 61.7 Å². The highest BCUT2D eigenvalue weighted by Crippen LogP contribution is 2.26. The summed E-state index contributed by atoms with van der Waals surface area (Å²) in [7, 11) is 0. The normalized spacial score (nSPS) is 32.0. The quantitative estimate of drug-likeness (QED) is 0.0645. The van der Waals surface area contributed by atoms with E-state index in [4.69, 9.17) is 19.2 Å². The molecule has 9 atom stereocenters. The van der Waals surface area contributed by atoms with Crippen molar-refractivity contribution in [2.24, 2.45) is 0 Å².